The summed E-state index contributed by atoms with van der Waals surface area (Å²) in [5.74, 6) is 1.85. The first kappa shape index (κ1) is 18.2. The number of nitrogens with zero attached hydrogens (tertiary/aromatic N) is 2. The van der Waals surface area contributed by atoms with Gasteiger partial charge in [0.1, 0.15) is 5.82 Å². The molecule has 0 saturated heterocycles. The maximum absolute atomic E-state index is 13.6. The van der Waals surface area contributed by atoms with Gasteiger partial charge in [-0.2, -0.15) is 0 Å². The van der Waals surface area contributed by atoms with Crippen molar-refractivity contribution in [2.24, 2.45) is 10.9 Å². The van der Waals surface area contributed by atoms with Gasteiger partial charge in [0.05, 0.1) is 6.61 Å². The van der Waals surface area contributed by atoms with Gasteiger partial charge in [-0.15, -0.1) is 0 Å². The topological polar surface area (TPSA) is 58.5 Å². The van der Waals surface area contributed by atoms with E-state index in [2.05, 4.69) is 20.6 Å². The van der Waals surface area contributed by atoms with Gasteiger partial charge in [-0.1, -0.05) is 18.2 Å². The molecule has 1 aromatic carbocycles. The molecule has 138 valence electrons. The number of hydrogen-bond donors (Lipinski definition) is 2. The normalized spacial score (nSPS) is 14.2. The molecule has 0 amide bonds. The SMILES string of the molecule is CN=C(NCc1ccc(OCC2CC2)nc1)NCc1ccc(C)c(F)c1. The molecule has 0 bridgehead atoms. The van der Waals surface area contributed by atoms with Crippen LogP contribution in [0, 0.1) is 18.7 Å². The number of rotatable bonds is 7. The van der Waals surface area contributed by atoms with E-state index in [0.29, 0.717) is 30.5 Å². The molecule has 0 unspecified atom stereocenters. The summed E-state index contributed by atoms with van der Waals surface area (Å²) in [6.07, 6.45) is 4.34. The van der Waals surface area contributed by atoms with Gasteiger partial charge in [0.2, 0.25) is 5.88 Å². The molecule has 2 N–H and O–H groups in total. The molecule has 1 aliphatic carbocycles. The van der Waals surface area contributed by atoms with Gasteiger partial charge in [0.25, 0.3) is 0 Å². The van der Waals surface area contributed by atoms with E-state index < -0.39 is 0 Å². The second-order valence-electron chi connectivity index (χ2n) is 6.62. The number of nitrogens with one attached hydrogen (secondary N) is 2. The zero-order chi connectivity index (χ0) is 18.4. The molecule has 1 heterocycles. The van der Waals surface area contributed by atoms with Crippen LogP contribution < -0.4 is 15.4 Å². The minimum Gasteiger partial charge on any atom is -0.477 e. The Morgan fingerprint density at radius 3 is 2.54 bits per heavy atom. The van der Waals surface area contributed by atoms with E-state index in [9.17, 15) is 4.39 Å². The number of guanidine groups is 1. The van der Waals surface area contributed by atoms with E-state index in [1.165, 1.54) is 12.8 Å². The van der Waals surface area contributed by atoms with Crippen molar-refractivity contribution in [1.82, 2.24) is 15.6 Å². The Morgan fingerprint density at radius 1 is 1.19 bits per heavy atom. The molecule has 5 nitrogen and oxygen atoms in total. The van der Waals surface area contributed by atoms with Crippen LogP contribution in [0.2, 0.25) is 0 Å². The van der Waals surface area contributed by atoms with Crippen LogP contribution in [-0.4, -0.2) is 24.6 Å². The molecule has 0 aliphatic heterocycles. The summed E-state index contributed by atoms with van der Waals surface area (Å²) in [5.41, 5.74) is 2.55. The average molecular weight is 356 g/mol. The highest BCUT2D eigenvalue weighted by Gasteiger charge is 2.22. The minimum absolute atomic E-state index is 0.192. The second-order valence-corrected chi connectivity index (χ2v) is 6.62. The van der Waals surface area contributed by atoms with Crippen molar-refractivity contribution in [3.63, 3.8) is 0 Å². The summed E-state index contributed by atoms with van der Waals surface area (Å²) in [6.45, 7) is 3.62. The lowest BCUT2D eigenvalue weighted by Gasteiger charge is -2.12. The number of aryl methyl sites for hydroxylation is 1. The Hall–Kier alpha value is -2.63. The van der Waals surface area contributed by atoms with Crippen molar-refractivity contribution >= 4 is 5.96 Å². The van der Waals surface area contributed by atoms with Crippen LogP contribution in [0.15, 0.2) is 41.5 Å². The third kappa shape index (κ3) is 5.44. The quantitative estimate of drug-likeness (QED) is 0.591. The number of ether oxygens (including phenoxy) is 1. The second kappa shape index (κ2) is 8.65. The average Bonchev–Trinajstić information content (AvgIpc) is 3.48. The van der Waals surface area contributed by atoms with Gasteiger partial charge in [-0.3, -0.25) is 4.99 Å². The molecule has 26 heavy (non-hydrogen) atoms. The number of halogens is 1. The molecule has 1 fully saturated rings. The molecule has 2 aromatic rings. The zero-order valence-corrected chi connectivity index (χ0v) is 15.3. The Bertz CT molecular complexity index is 757. The number of aliphatic imine (C=N–C) groups is 1. The predicted octanol–water partition coefficient (Wildman–Crippen LogP) is 3.18. The van der Waals surface area contributed by atoms with Crippen LogP contribution in [-0.2, 0) is 13.1 Å². The minimum atomic E-state index is -0.192. The van der Waals surface area contributed by atoms with Crippen molar-refractivity contribution in [3.8, 4) is 5.88 Å². The summed E-state index contributed by atoms with van der Waals surface area (Å²) in [4.78, 5) is 8.52. The lowest BCUT2D eigenvalue weighted by atomic mass is 10.1. The molecule has 1 saturated carbocycles. The highest BCUT2D eigenvalue weighted by atomic mass is 19.1. The Labute approximate surface area is 153 Å². The fourth-order valence-electron chi connectivity index (χ4n) is 2.43. The molecule has 0 atom stereocenters. The highest BCUT2D eigenvalue weighted by Crippen LogP contribution is 2.29. The maximum atomic E-state index is 13.6. The van der Waals surface area contributed by atoms with Gasteiger partial charge in [-0.25, -0.2) is 9.37 Å². The summed E-state index contributed by atoms with van der Waals surface area (Å²) < 4.78 is 19.2. The maximum Gasteiger partial charge on any atom is 0.213 e. The molecule has 6 heteroatoms. The van der Waals surface area contributed by atoms with Crippen LogP contribution in [0.5, 0.6) is 5.88 Å². The first-order valence-corrected chi connectivity index (χ1v) is 8.91. The number of benzene rings is 1. The van der Waals surface area contributed by atoms with Gasteiger partial charge < -0.3 is 15.4 Å². The van der Waals surface area contributed by atoms with Crippen molar-refractivity contribution in [2.45, 2.75) is 32.9 Å². The van der Waals surface area contributed by atoms with Crippen molar-refractivity contribution in [1.29, 1.82) is 0 Å². The van der Waals surface area contributed by atoms with Crippen molar-refractivity contribution < 1.29 is 9.13 Å². The van der Waals surface area contributed by atoms with Gasteiger partial charge in [0.15, 0.2) is 5.96 Å². The zero-order valence-electron chi connectivity index (χ0n) is 15.3. The van der Waals surface area contributed by atoms with Crippen molar-refractivity contribution in [2.75, 3.05) is 13.7 Å². The number of aromatic nitrogens is 1. The third-order valence-corrected chi connectivity index (χ3v) is 4.34. The fourth-order valence-corrected chi connectivity index (χ4v) is 2.43. The largest absolute Gasteiger partial charge is 0.477 e. The summed E-state index contributed by atoms with van der Waals surface area (Å²) in [7, 11) is 1.71. The van der Waals surface area contributed by atoms with Gasteiger partial charge in [-0.05, 0) is 48.4 Å². The van der Waals surface area contributed by atoms with Gasteiger partial charge >= 0.3 is 0 Å². The highest BCUT2D eigenvalue weighted by molar-refractivity contribution is 5.79. The van der Waals surface area contributed by atoms with Crippen LogP contribution in [0.3, 0.4) is 0 Å². The predicted molar refractivity (Wildman–Crippen MR) is 101 cm³/mol. The summed E-state index contributed by atoms with van der Waals surface area (Å²) in [5, 5.41) is 6.41. The Balaban J connectivity index is 1.44. The van der Waals surface area contributed by atoms with Crippen molar-refractivity contribution in [3.05, 3.63) is 59.0 Å². The molecular weight excluding hydrogens is 331 g/mol. The van der Waals surface area contributed by atoms with Gasteiger partial charge in [0, 0.05) is 32.4 Å². The molecule has 1 aromatic heterocycles. The van der Waals surface area contributed by atoms with E-state index in [0.717, 1.165) is 23.7 Å². The molecule has 0 spiro atoms. The summed E-state index contributed by atoms with van der Waals surface area (Å²) in [6, 6.07) is 9.11. The van der Waals surface area contributed by atoms with E-state index >= 15 is 0 Å². The molecular formula is C20H25FN4O. The number of hydrogen-bond acceptors (Lipinski definition) is 3. The Kier molecular flexibility index (Phi) is 6.04. The molecule has 1 aliphatic rings. The first-order valence-electron chi connectivity index (χ1n) is 8.91. The lowest BCUT2D eigenvalue weighted by molar-refractivity contribution is 0.288. The lowest BCUT2D eigenvalue weighted by Crippen LogP contribution is -2.36. The van der Waals surface area contributed by atoms with E-state index in [1.54, 1.807) is 32.3 Å². The van der Waals surface area contributed by atoms with Crippen LogP contribution in [0.4, 0.5) is 4.39 Å². The Morgan fingerprint density at radius 2 is 1.92 bits per heavy atom. The smallest absolute Gasteiger partial charge is 0.213 e. The monoisotopic (exact) mass is 356 g/mol. The fraction of sp³-hybridized carbons (Fsp3) is 0.400. The third-order valence-electron chi connectivity index (χ3n) is 4.34. The van der Waals surface area contributed by atoms with Crippen LogP contribution >= 0.6 is 0 Å². The van der Waals surface area contributed by atoms with E-state index in [1.807, 2.05) is 18.2 Å². The first-order chi connectivity index (χ1) is 12.6. The summed E-state index contributed by atoms with van der Waals surface area (Å²) >= 11 is 0. The van der Waals surface area contributed by atoms with Crippen LogP contribution in [0.1, 0.15) is 29.5 Å². The standard InChI is InChI=1S/C20H25FN4O/c1-14-3-4-16(9-18(14)21)10-24-20(22-2)25-12-17-7-8-19(23-11-17)26-13-15-5-6-15/h3-4,7-9,11,15H,5-6,10,12-13H2,1-2H3,(H2,22,24,25). The molecule has 3 rings (SSSR count). The van der Waals surface area contributed by atoms with E-state index in [-0.39, 0.29) is 5.82 Å². The molecule has 0 radical (unpaired) electrons. The van der Waals surface area contributed by atoms with Crippen LogP contribution in [0.25, 0.3) is 0 Å². The number of pyridine rings is 1. The van der Waals surface area contributed by atoms with E-state index in [4.69, 9.17) is 4.74 Å².